The number of rotatable bonds is 8. The van der Waals surface area contributed by atoms with Crippen LogP contribution in [0.1, 0.15) is 24.2 Å². The van der Waals surface area contributed by atoms with E-state index >= 15 is 0 Å². The van der Waals surface area contributed by atoms with Gasteiger partial charge >= 0.3 is 0 Å². The van der Waals surface area contributed by atoms with Gasteiger partial charge in [-0.3, -0.25) is 4.99 Å². The Morgan fingerprint density at radius 3 is 2.25 bits per heavy atom. The fourth-order valence-electron chi connectivity index (χ4n) is 2.70. The van der Waals surface area contributed by atoms with Gasteiger partial charge in [0.25, 0.3) is 0 Å². The van der Waals surface area contributed by atoms with Gasteiger partial charge in [0.1, 0.15) is 11.5 Å². The molecule has 0 bridgehead atoms. The van der Waals surface area contributed by atoms with Crippen LogP contribution in [-0.2, 0) is 6.54 Å². The standard InChI is InChI=1S/C21H29N3O3.HI/c1-5-22-21(24(2)15-16-9-7-6-8-10-16)23-14-20(25)17-11-18(26-3)13-19(12-17)27-4;/h6-13,20,25H,5,14-15H2,1-4H3,(H,22,23);1H. The Morgan fingerprint density at radius 2 is 1.71 bits per heavy atom. The fourth-order valence-corrected chi connectivity index (χ4v) is 2.70. The molecule has 6 nitrogen and oxygen atoms in total. The minimum absolute atomic E-state index is 0. The third-order valence-electron chi connectivity index (χ3n) is 4.13. The number of benzene rings is 2. The van der Waals surface area contributed by atoms with E-state index in [1.165, 1.54) is 5.56 Å². The third-order valence-corrected chi connectivity index (χ3v) is 4.13. The van der Waals surface area contributed by atoms with Crippen LogP contribution in [0.2, 0.25) is 0 Å². The maximum absolute atomic E-state index is 10.6. The number of nitrogens with one attached hydrogen (secondary N) is 1. The third kappa shape index (κ3) is 7.20. The quantitative estimate of drug-likeness (QED) is 0.331. The van der Waals surface area contributed by atoms with Gasteiger partial charge in [-0.1, -0.05) is 30.3 Å². The second kappa shape index (κ2) is 12.5. The SMILES string of the molecule is CCNC(=NCC(O)c1cc(OC)cc(OC)c1)N(C)Cc1ccccc1.I. The van der Waals surface area contributed by atoms with E-state index in [0.29, 0.717) is 17.1 Å². The maximum atomic E-state index is 10.6. The molecule has 1 atom stereocenters. The van der Waals surface area contributed by atoms with E-state index < -0.39 is 6.10 Å². The van der Waals surface area contributed by atoms with Gasteiger partial charge in [0, 0.05) is 26.2 Å². The molecule has 0 radical (unpaired) electrons. The van der Waals surface area contributed by atoms with Crippen LogP contribution in [0.3, 0.4) is 0 Å². The predicted molar refractivity (Wildman–Crippen MR) is 124 cm³/mol. The highest BCUT2D eigenvalue weighted by atomic mass is 127. The zero-order valence-electron chi connectivity index (χ0n) is 16.9. The number of nitrogens with zero attached hydrogens (tertiary/aromatic N) is 2. The number of halogens is 1. The molecule has 0 aliphatic heterocycles. The van der Waals surface area contributed by atoms with E-state index in [9.17, 15) is 5.11 Å². The molecule has 0 saturated heterocycles. The molecule has 0 aliphatic rings. The first-order valence-corrected chi connectivity index (χ1v) is 9.01. The van der Waals surface area contributed by atoms with Crippen LogP contribution >= 0.6 is 24.0 Å². The number of hydrogen-bond acceptors (Lipinski definition) is 4. The van der Waals surface area contributed by atoms with Crippen LogP contribution in [0.4, 0.5) is 0 Å². The molecule has 0 heterocycles. The summed E-state index contributed by atoms with van der Waals surface area (Å²) in [5.41, 5.74) is 1.90. The minimum Gasteiger partial charge on any atom is -0.497 e. The predicted octanol–water partition coefficient (Wildman–Crippen LogP) is 3.45. The van der Waals surface area contributed by atoms with Crippen LogP contribution in [0.5, 0.6) is 11.5 Å². The topological polar surface area (TPSA) is 66.3 Å². The Morgan fingerprint density at radius 1 is 1.11 bits per heavy atom. The summed E-state index contributed by atoms with van der Waals surface area (Å²) in [6.07, 6.45) is -0.757. The summed E-state index contributed by atoms with van der Waals surface area (Å²) < 4.78 is 10.5. The first-order chi connectivity index (χ1) is 13.1. The van der Waals surface area contributed by atoms with Gasteiger partial charge in [-0.05, 0) is 30.2 Å². The van der Waals surface area contributed by atoms with Crippen molar-refractivity contribution in [1.29, 1.82) is 0 Å². The van der Waals surface area contributed by atoms with Gasteiger partial charge in [-0.25, -0.2) is 0 Å². The van der Waals surface area contributed by atoms with Crippen LogP contribution in [0.25, 0.3) is 0 Å². The van der Waals surface area contributed by atoms with Gasteiger partial charge < -0.3 is 24.8 Å². The van der Waals surface area contributed by atoms with Gasteiger partial charge in [0.05, 0.1) is 26.9 Å². The number of aliphatic imine (C=N–C) groups is 1. The molecule has 0 saturated carbocycles. The largest absolute Gasteiger partial charge is 0.497 e. The van der Waals surface area contributed by atoms with E-state index in [1.807, 2.05) is 37.1 Å². The van der Waals surface area contributed by atoms with Crippen molar-refractivity contribution in [3.05, 3.63) is 59.7 Å². The van der Waals surface area contributed by atoms with Gasteiger partial charge in [0.15, 0.2) is 5.96 Å². The van der Waals surface area contributed by atoms with Gasteiger partial charge in [-0.2, -0.15) is 0 Å². The summed E-state index contributed by atoms with van der Waals surface area (Å²) in [7, 11) is 5.16. The molecule has 0 fully saturated rings. The van der Waals surface area contributed by atoms with Crippen molar-refractivity contribution in [3.63, 3.8) is 0 Å². The van der Waals surface area contributed by atoms with Crippen molar-refractivity contribution in [1.82, 2.24) is 10.2 Å². The van der Waals surface area contributed by atoms with Crippen molar-refractivity contribution in [3.8, 4) is 11.5 Å². The maximum Gasteiger partial charge on any atom is 0.194 e. The lowest BCUT2D eigenvalue weighted by Gasteiger charge is -2.22. The molecule has 0 aromatic heterocycles. The summed E-state index contributed by atoms with van der Waals surface area (Å²) in [4.78, 5) is 6.64. The summed E-state index contributed by atoms with van der Waals surface area (Å²) in [5.74, 6) is 2.02. The van der Waals surface area contributed by atoms with Crippen LogP contribution in [0.15, 0.2) is 53.5 Å². The van der Waals surface area contributed by atoms with Crippen molar-refractivity contribution in [2.75, 3.05) is 34.4 Å². The summed E-state index contributed by atoms with van der Waals surface area (Å²) in [6.45, 7) is 3.74. The second-order valence-corrected chi connectivity index (χ2v) is 6.20. The highest BCUT2D eigenvalue weighted by molar-refractivity contribution is 14.0. The highest BCUT2D eigenvalue weighted by Crippen LogP contribution is 2.26. The van der Waals surface area contributed by atoms with Crippen molar-refractivity contribution in [2.45, 2.75) is 19.6 Å². The lowest BCUT2D eigenvalue weighted by molar-refractivity contribution is 0.185. The number of ether oxygens (including phenoxy) is 2. The highest BCUT2D eigenvalue weighted by Gasteiger charge is 2.13. The molecule has 0 aliphatic carbocycles. The van der Waals surface area contributed by atoms with E-state index in [1.54, 1.807) is 32.4 Å². The molecule has 7 heteroatoms. The summed E-state index contributed by atoms with van der Waals surface area (Å²) >= 11 is 0. The Kier molecular flexibility index (Phi) is 10.7. The number of hydrogen-bond donors (Lipinski definition) is 2. The molecule has 2 aromatic carbocycles. The zero-order chi connectivity index (χ0) is 19.6. The normalized spacial score (nSPS) is 12.0. The molecule has 0 amide bonds. The number of aliphatic hydroxyl groups excluding tert-OH is 1. The second-order valence-electron chi connectivity index (χ2n) is 6.20. The molecule has 154 valence electrons. The van der Waals surface area contributed by atoms with E-state index in [-0.39, 0.29) is 30.5 Å². The molecular weight excluding hydrogens is 469 g/mol. The molecule has 1 unspecified atom stereocenters. The van der Waals surface area contributed by atoms with Gasteiger partial charge in [-0.15, -0.1) is 24.0 Å². The average molecular weight is 499 g/mol. The molecule has 0 spiro atoms. The monoisotopic (exact) mass is 499 g/mol. The van der Waals surface area contributed by atoms with E-state index in [0.717, 1.165) is 19.0 Å². The smallest absolute Gasteiger partial charge is 0.194 e. The van der Waals surface area contributed by atoms with E-state index in [4.69, 9.17) is 9.47 Å². The summed E-state index contributed by atoms with van der Waals surface area (Å²) in [6, 6.07) is 15.6. The molecule has 2 rings (SSSR count). The van der Waals surface area contributed by atoms with Crippen LogP contribution < -0.4 is 14.8 Å². The zero-order valence-corrected chi connectivity index (χ0v) is 19.2. The Bertz CT molecular complexity index is 719. The molecular formula is C21H30IN3O3. The van der Waals surface area contributed by atoms with Crippen molar-refractivity contribution in [2.24, 2.45) is 4.99 Å². The molecule has 2 N–H and O–H groups in total. The Hall–Kier alpha value is -2.00. The number of aliphatic hydroxyl groups is 1. The molecule has 28 heavy (non-hydrogen) atoms. The summed E-state index contributed by atoms with van der Waals surface area (Å²) in [5, 5.41) is 13.9. The van der Waals surface area contributed by atoms with Crippen LogP contribution in [0, 0.1) is 0 Å². The van der Waals surface area contributed by atoms with Gasteiger partial charge in [0.2, 0.25) is 0 Å². The Balaban J connectivity index is 0.00000392. The van der Waals surface area contributed by atoms with Crippen molar-refractivity contribution >= 4 is 29.9 Å². The lowest BCUT2D eigenvalue weighted by atomic mass is 10.1. The number of guanidine groups is 1. The number of methoxy groups -OCH3 is 2. The fraction of sp³-hybridized carbons (Fsp3) is 0.381. The molecule has 2 aromatic rings. The van der Waals surface area contributed by atoms with Crippen LogP contribution in [-0.4, -0.2) is 50.3 Å². The first-order valence-electron chi connectivity index (χ1n) is 9.01. The lowest BCUT2D eigenvalue weighted by Crippen LogP contribution is -2.38. The van der Waals surface area contributed by atoms with Crippen molar-refractivity contribution < 1.29 is 14.6 Å². The Labute approximate surface area is 184 Å². The minimum atomic E-state index is -0.757. The first kappa shape index (κ1) is 24.0. The average Bonchev–Trinajstić information content (AvgIpc) is 2.70. The van der Waals surface area contributed by atoms with E-state index in [2.05, 4.69) is 22.4 Å².